The lowest BCUT2D eigenvalue weighted by Crippen LogP contribution is -2.47. The number of carbonyl (C=O) groups is 2. The van der Waals surface area contributed by atoms with Crippen LogP contribution in [0.15, 0.2) is 24.3 Å². The molecule has 2 unspecified atom stereocenters. The predicted octanol–water partition coefficient (Wildman–Crippen LogP) is 0.836. The van der Waals surface area contributed by atoms with Crippen molar-refractivity contribution in [2.24, 2.45) is 0 Å². The Kier molecular flexibility index (Phi) is 3.13. The van der Waals surface area contributed by atoms with E-state index < -0.39 is 17.5 Å². The number of benzene rings is 1. The van der Waals surface area contributed by atoms with Crippen LogP contribution < -0.4 is 10.6 Å². The van der Waals surface area contributed by atoms with Crippen molar-refractivity contribution in [2.45, 2.75) is 12.5 Å². The van der Waals surface area contributed by atoms with Crippen LogP contribution in [-0.2, 0) is 14.9 Å². The zero-order valence-corrected chi connectivity index (χ0v) is 10.5. The molecule has 1 saturated heterocycles. The molecule has 0 aromatic heterocycles. The SMILES string of the molecule is Cc1ccc(C2(COP)NC(=O)NC2=O)cc1. The maximum absolute atomic E-state index is 11.9. The van der Waals surface area contributed by atoms with Crippen molar-refractivity contribution in [3.63, 3.8) is 0 Å². The van der Waals surface area contributed by atoms with Crippen LogP contribution in [0.5, 0.6) is 0 Å². The van der Waals surface area contributed by atoms with Crippen LogP contribution in [0.1, 0.15) is 11.1 Å². The van der Waals surface area contributed by atoms with Crippen LogP contribution in [0, 0.1) is 6.92 Å². The van der Waals surface area contributed by atoms with Crippen molar-refractivity contribution in [1.82, 2.24) is 10.6 Å². The molecule has 0 saturated carbocycles. The summed E-state index contributed by atoms with van der Waals surface area (Å²) in [4.78, 5) is 23.2. The van der Waals surface area contributed by atoms with Gasteiger partial charge >= 0.3 is 6.03 Å². The van der Waals surface area contributed by atoms with E-state index in [2.05, 4.69) is 20.1 Å². The largest absolute Gasteiger partial charge is 0.362 e. The summed E-state index contributed by atoms with van der Waals surface area (Å²) in [6.45, 7) is 2.02. The molecule has 0 bridgehead atoms. The molecule has 5 nitrogen and oxygen atoms in total. The van der Waals surface area contributed by atoms with Gasteiger partial charge in [0.1, 0.15) is 0 Å². The Labute approximate surface area is 101 Å². The molecule has 0 radical (unpaired) electrons. The molecule has 0 spiro atoms. The topological polar surface area (TPSA) is 67.4 Å². The first-order chi connectivity index (χ1) is 8.08. The van der Waals surface area contributed by atoms with Gasteiger partial charge in [0.2, 0.25) is 0 Å². The first kappa shape index (κ1) is 12.0. The van der Waals surface area contributed by atoms with E-state index in [0.717, 1.165) is 5.56 Å². The molecule has 2 N–H and O–H groups in total. The van der Waals surface area contributed by atoms with Gasteiger partial charge in [-0.05, 0) is 12.5 Å². The summed E-state index contributed by atoms with van der Waals surface area (Å²) in [5, 5.41) is 4.84. The van der Waals surface area contributed by atoms with E-state index in [0.29, 0.717) is 5.56 Å². The summed E-state index contributed by atoms with van der Waals surface area (Å²) in [6, 6.07) is 6.89. The van der Waals surface area contributed by atoms with Crippen LogP contribution >= 0.6 is 9.47 Å². The van der Waals surface area contributed by atoms with Crippen molar-refractivity contribution >= 4 is 21.4 Å². The smallest absolute Gasteiger partial charge is 0.322 e. The Morgan fingerprint density at radius 3 is 2.41 bits per heavy atom. The summed E-state index contributed by atoms with van der Waals surface area (Å²) >= 11 is 0. The summed E-state index contributed by atoms with van der Waals surface area (Å²) < 4.78 is 4.97. The minimum absolute atomic E-state index is 0.0678. The Morgan fingerprint density at radius 1 is 1.29 bits per heavy atom. The number of aryl methyl sites for hydroxylation is 1. The molecular weight excluding hydrogens is 239 g/mol. The first-order valence-corrected chi connectivity index (χ1v) is 5.58. The van der Waals surface area contributed by atoms with Crippen molar-refractivity contribution in [3.8, 4) is 0 Å². The molecule has 90 valence electrons. The van der Waals surface area contributed by atoms with Crippen molar-refractivity contribution < 1.29 is 14.1 Å². The number of hydrogen-bond donors (Lipinski definition) is 2. The highest BCUT2D eigenvalue weighted by atomic mass is 31.0. The molecule has 6 heteroatoms. The summed E-state index contributed by atoms with van der Waals surface area (Å²) in [6.07, 6.45) is 0. The fourth-order valence-electron chi connectivity index (χ4n) is 1.84. The Balaban J connectivity index is 2.44. The second-order valence-corrected chi connectivity index (χ2v) is 4.32. The Bertz CT molecular complexity index is 460. The minimum Gasteiger partial charge on any atom is -0.362 e. The lowest BCUT2D eigenvalue weighted by Gasteiger charge is -2.25. The molecule has 3 amide bonds. The quantitative estimate of drug-likeness (QED) is 0.618. The van der Waals surface area contributed by atoms with Crippen LogP contribution in [0.3, 0.4) is 0 Å². The van der Waals surface area contributed by atoms with Gasteiger partial charge in [0.05, 0.1) is 6.61 Å². The molecule has 1 heterocycles. The van der Waals surface area contributed by atoms with E-state index in [1.807, 2.05) is 31.2 Å². The van der Waals surface area contributed by atoms with Gasteiger partial charge in [-0.3, -0.25) is 10.1 Å². The van der Waals surface area contributed by atoms with Crippen LogP contribution in [0.4, 0.5) is 4.79 Å². The number of imide groups is 1. The van der Waals surface area contributed by atoms with Crippen molar-refractivity contribution in [3.05, 3.63) is 35.4 Å². The van der Waals surface area contributed by atoms with E-state index in [9.17, 15) is 9.59 Å². The molecule has 1 aromatic rings. The lowest BCUT2D eigenvalue weighted by atomic mass is 9.90. The molecule has 0 aliphatic carbocycles. The van der Waals surface area contributed by atoms with E-state index in [4.69, 9.17) is 4.52 Å². The highest BCUT2D eigenvalue weighted by Crippen LogP contribution is 2.26. The number of nitrogens with one attached hydrogen (secondary N) is 2. The maximum Gasteiger partial charge on any atom is 0.322 e. The van der Waals surface area contributed by atoms with Gasteiger partial charge in [-0.1, -0.05) is 29.8 Å². The number of carbonyl (C=O) groups excluding carboxylic acids is 2. The second kappa shape index (κ2) is 4.43. The fraction of sp³-hybridized carbons (Fsp3) is 0.273. The van der Waals surface area contributed by atoms with Crippen LogP contribution in [0.2, 0.25) is 0 Å². The van der Waals surface area contributed by atoms with Crippen LogP contribution in [-0.4, -0.2) is 18.5 Å². The summed E-state index contributed by atoms with van der Waals surface area (Å²) in [5.41, 5.74) is 0.654. The number of rotatable bonds is 3. The number of hydrogen-bond acceptors (Lipinski definition) is 3. The van der Waals surface area contributed by atoms with Crippen LogP contribution in [0.25, 0.3) is 0 Å². The van der Waals surface area contributed by atoms with Gasteiger partial charge in [-0.25, -0.2) is 4.79 Å². The third kappa shape index (κ3) is 2.04. The summed E-state index contributed by atoms with van der Waals surface area (Å²) in [5.74, 6) is -0.395. The van der Waals surface area contributed by atoms with E-state index in [1.54, 1.807) is 0 Å². The molecule has 17 heavy (non-hydrogen) atoms. The third-order valence-corrected chi connectivity index (χ3v) is 2.95. The zero-order valence-electron chi connectivity index (χ0n) is 9.32. The molecule has 1 fully saturated rings. The normalized spacial score (nSPS) is 23.4. The van der Waals surface area contributed by atoms with Crippen molar-refractivity contribution in [1.29, 1.82) is 0 Å². The van der Waals surface area contributed by atoms with Crippen molar-refractivity contribution in [2.75, 3.05) is 6.61 Å². The highest BCUT2D eigenvalue weighted by molar-refractivity contribution is 7.09. The Morgan fingerprint density at radius 2 is 1.94 bits per heavy atom. The summed E-state index contributed by atoms with van der Waals surface area (Å²) in [7, 11) is 2.08. The first-order valence-electron chi connectivity index (χ1n) is 5.11. The third-order valence-electron chi connectivity index (χ3n) is 2.79. The minimum atomic E-state index is -1.13. The second-order valence-electron chi connectivity index (χ2n) is 3.99. The predicted molar refractivity (Wildman–Crippen MR) is 65.2 cm³/mol. The number of urea groups is 1. The van der Waals surface area contributed by atoms with Gasteiger partial charge in [0.25, 0.3) is 5.91 Å². The highest BCUT2D eigenvalue weighted by Gasteiger charge is 2.47. The van der Waals surface area contributed by atoms with E-state index in [-0.39, 0.29) is 6.61 Å². The Hall–Kier alpha value is -1.45. The van der Waals surface area contributed by atoms with E-state index in [1.165, 1.54) is 0 Å². The standard InChI is InChI=1S/C11H13N2O3P/c1-7-2-4-8(5-3-7)11(6-16-17)9(14)12-10(15)13-11/h2-5H,6,17H2,1H3,(H2,12,13,14,15). The average molecular weight is 252 g/mol. The molecule has 2 atom stereocenters. The van der Waals surface area contributed by atoms with Gasteiger partial charge in [-0.15, -0.1) is 0 Å². The maximum atomic E-state index is 11.9. The number of amides is 3. The van der Waals surface area contributed by atoms with Gasteiger partial charge < -0.3 is 9.84 Å². The lowest BCUT2D eigenvalue weighted by molar-refractivity contribution is -0.125. The fourth-order valence-corrected chi connectivity index (χ4v) is 2.09. The van der Waals surface area contributed by atoms with Gasteiger partial charge in [0.15, 0.2) is 5.54 Å². The average Bonchev–Trinajstić information content (AvgIpc) is 2.56. The zero-order chi connectivity index (χ0) is 12.5. The monoisotopic (exact) mass is 252 g/mol. The molecule has 2 rings (SSSR count). The molecule has 1 aromatic carbocycles. The van der Waals surface area contributed by atoms with Gasteiger partial charge in [0, 0.05) is 9.47 Å². The molecule has 1 aliphatic rings. The molecular formula is C11H13N2O3P. The molecule has 1 aliphatic heterocycles. The van der Waals surface area contributed by atoms with Gasteiger partial charge in [-0.2, -0.15) is 0 Å². The van der Waals surface area contributed by atoms with E-state index >= 15 is 0 Å².